The van der Waals surface area contributed by atoms with E-state index in [1.54, 1.807) is 6.20 Å². The van der Waals surface area contributed by atoms with Crippen LogP contribution < -0.4 is 27.4 Å². The summed E-state index contributed by atoms with van der Waals surface area (Å²) in [7, 11) is 0. The van der Waals surface area contributed by atoms with Gasteiger partial charge < -0.3 is 42.4 Å². The lowest BCUT2D eigenvalue weighted by Crippen LogP contribution is -2.56. The van der Waals surface area contributed by atoms with E-state index < -0.39 is 30.0 Å². The number of hydrogen-bond donors (Lipinski definition) is 7. The number of aromatic amines is 1. The zero-order valence-electron chi connectivity index (χ0n) is 22.4. The minimum atomic E-state index is -1.17. The number of carboxylic acids is 1. The maximum absolute atomic E-state index is 13.7. The summed E-state index contributed by atoms with van der Waals surface area (Å²) in [5.41, 5.74) is 12.4. The third-order valence-corrected chi connectivity index (χ3v) is 7.49. The number of aromatic nitrogens is 1. The number of carboxylic acid groups (broad SMARTS) is 1. The molecule has 4 atom stereocenters. The lowest BCUT2D eigenvalue weighted by atomic mass is 10.0. The first-order valence-corrected chi connectivity index (χ1v) is 13.7. The smallest absolute Gasteiger partial charge is 0.326 e. The minimum absolute atomic E-state index is 0.0565. The third kappa shape index (κ3) is 7.08. The lowest BCUT2D eigenvalue weighted by molar-refractivity contribution is -0.145. The number of para-hydroxylation sites is 1. The Morgan fingerprint density at radius 2 is 1.85 bits per heavy atom. The number of H-pyrrole nitrogens is 1. The fourth-order valence-electron chi connectivity index (χ4n) is 5.43. The number of fused-ring (bicyclic) bond motifs is 1. The summed E-state index contributed by atoms with van der Waals surface area (Å²) in [6.45, 7) is 1.36. The van der Waals surface area contributed by atoms with Crippen LogP contribution in [0.3, 0.4) is 0 Å². The van der Waals surface area contributed by atoms with Crippen molar-refractivity contribution in [2.75, 3.05) is 19.6 Å². The molecule has 0 unspecified atom stereocenters. The predicted octanol–water partition coefficient (Wildman–Crippen LogP) is -0.439. The molecule has 9 N–H and O–H groups in total. The number of nitrogens with two attached hydrogens (primary N) is 2. The highest BCUT2D eigenvalue weighted by atomic mass is 16.4. The van der Waals surface area contributed by atoms with Crippen LogP contribution in [0.15, 0.2) is 35.5 Å². The molecule has 2 aliphatic heterocycles. The van der Waals surface area contributed by atoms with Gasteiger partial charge in [0.2, 0.25) is 17.7 Å². The van der Waals surface area contributed by atoms with Crippen LogP contribution in [0.4, 0.5) is 0 Å². The molecule has 40 heavy (non-hydrogen) atoms. The minimum Gasteiger partial charge on any atom is -0.480 e. The molecule has 0 spiro atoms. The Bertz CT molecular complexity index is 1250. The van der Waals surface area contributed by atoms with E-state index in [1.807, 2.05) is 24.3 Å². The largest absolute Gasteiger partial charge is 0.480 e. The van der Waals surface area contributed by atoms with Crippen molar-refractivity contribution in [1.29, 1.82) is 0 Å². The number of rotatable bonds is 12. The van der Waals surface area contributed by atoms with Crippen molar-refractivity contribution in [3.05, 3.63) is 36.0 Å². The van der Waals surface area contributed by atoms with Crippen LogP contribution in [-0.2, 0) is 25.6 Å². The lowest BCUT2D eigenvalue weighted by Gasteiger charge is -2.30. The van der Waals surface area contributed by atoms with E-state index >= 15 is 0 Å². The highest BCUT2D eigenvalue weighted by Crippen LogP contribution is 2.22. The molecule has 2 aromatic rings. The van der Waals surface area contributed by atoms with Crippen molar-refractivity contribution >= 4 is 40.6 Å². The number of nitrogens with one attached hydrogen (secondary N) is 4. The number of aliphatic imine (C=N–C) groups is 1. The molecule has 13 heteroatoms. The number of carbonyl (C=O) groups is 4. The Morgan fingerprint density at radius 3 is 2.58 bits per heavy atom. The second kappa shape index (κ2) is 13.3. The molecule has 13 nitrogen and oxygen atoms in total. The van der Waals surface area contributed by atoms with Gasteiger partial charge in [-0.1, -0.05) is 18.2 Å². The van der Waals surface area contributed by atoms with Crippen LogP contribution in [0.2, 0.25) is 0 Å². The van der Waals surface area contributed by atoms with Gasteiger partial charge in [0, 0.05) is 36.6 Å². The molecule has 216 valence electrons. The quantitative estimate of drug-likeness (QED) is 0.104. The molecule has 3 amide bonds. The first kappa shape index (κ1) is 28.9. The highest BCUT2D eigenvalue weighted by Gasteiger charge is 2.39. The van der Waals surface area contributed by atoms with Crippen molar-refractivity contribution in [3.8, 4) is 0 Å². The summed E-state index contributed by atoms with van der Waals surface area (Å²) < 4.78 is 0. The maximum Gasteiger partial charge on any atom is 0.326 e. The summed E-state index contributed by atoms with van der Waals surface area (Å²) >= 11 is 0. The molecule has 1 aromatic carbocycles. The number of amides is 3. The van der Waals surface area contributed by atoms with E-state index in [2.05, 4.69) is 25.9 Å². The summed E-state index contributed by atoms with van der Waals surface area (Å²) in [6.07, 6.45) is 5.11. The Hall–Kier alpha value is -4.13. The SMILES string of the molecule is NC(N)=NCCC[C@H](NC(=O)[C@@H]1CCCN1)C(=O)N1CCC[C@H]1C(=O)N[C@@H](Cc1c[nH]c2ccccc12)C(=O)O. The third-order valence-electron chi connectivity index (χ3n) is 7.49. The van der Waals surface area contributed by atoms with Gasteiger partial charge in [0.1, 0.15) is 18.1 Å². The molecule has 1 aromatic heterocycles. The van der Waals surface area contributed by atoms with Gasteiger partial charge in [-0.15, -0.1) is 0 Å². The Balaban J connectivity index is 1.44. The molecule has 3 heterocycles. The van der Waals surface area contributed by atoms with Crippen LogP contribution >= 0.6 is 0 Å². The number of guanidine groups is 1. The van der Waals surface area contributed by atoms with E-state index in [-0.39, 0.29) is 36.7 Å². The average molecular weight is 555 g/mol. The maximum atomic E-state index is 13.7. The predicted molar refractivity (Wildman–Crippen MR) is 149 cm³/mol. The van der Waals surface area contributed by atoms with Crippen molar-refractivity contribution < 1.29 is 24.3 Å². The van der Waals surface area contributed by atoms with Crippen LogP contribution in [0.1, 0.15) is 44.1 Å². The van der Waals surface area contributed by atoms with Gasteiger partial charge in [-0.2, -0.15) is 0 Å². The zero-order chi connectivity index (χ0) is 28.6. The van der Waals surface area contributed by atoms with Gasteiger partial charge in [0.15, 0.2) is 5.96 Å². The summed E-state index contributed by atoms with van der Waals surface area (Å²) in [4.78, 5) is 60.5. The second-order valence-corrected chi connectivity index (χ2v) is 10.3. The number of likely N-dealkylation sites (tertiary alicyclic amines) is 1. The van der Waals surface area contributed by atoms with E-state index in [9.17, 15) is 24.3 Å². The molecule has 0 bridgehead atoms. The first-order chi connectivity index (χ1) is 19.2. The van der Waals surface area contributed by atoms with Gasteiger partial charge >= 0.3 is 5.97 Å². The fraction of sp³-hybridized carbons (Fsp3) is 0.519. The molecule has 0 saturated carbocycles. The number of benzene rings is 1. The first-order valence-electron chi connectivity index (χ1n) is 13.7. The second-order valence-electron chi connectivity index (χ2n) is 10.3. The molecular weight excluding hydrogens is 516 g/mol. The molecular formula is C27H38N8O5. The molecule has 2 saturated heterocycles. The number of nitrogens with zero attached hydrogens (tertiary/aromatic N) is 2. The summed E-state index contributed by atoms with van der Waals surface area (Å²) in [5, 5.41) is 19.4. The molecule has 0 aliphatic carbocycles. The van der Waals surface area contributed by atoms with E-state index in [0.717, 1.165) is 29.4 Å². The Labute approximate surface area is 232 Å². The monoisotopic (exact) mass is 554 g/mol. The van der Waals surface area contributed by atoms with Gasteiger partial charge in [-0.05, 0) is 56.7 Å². The van der Waals surface area contributed by atoms with E-state index in [4.69, 9.17) is 11.5 Å². The molecule has 4 rings (SSSR count). The van der Waals surface area contributed by atoms with Gasteiger partial charge in [0.05, 0.1) is 6.04 Å². The molecule has 2 aliphatic rings. The topological polar surface area (TPSA) is 208 Å². The van der Waals surface area contributed by atoms with E-state index in [0.29, 0.717) is 38.8 Å². The molecule has 0 radical (unpaired) electrons. The van der Waals surface area contributed by atoms with Crippen LogP contribution in [0.5, 0.6) is 0 Å². The number of aliphatic carboxylic acids is 1. The number of hydrogen-bond acceptors (Lipinski definition) is 6. The van der Waals surface area contributed by atoms with Crippen LogP contribution in [-0.4, -0.2) is 88.4 Å². The van der Waals surface area contributed by atoms with Crippen molar-refractivity contribution in [3.63, 3.8) is 0 Å². The number of carbonyl (C=O) groups excluding carboxylic acids is 3. The van der Waals surface area contributed by atoms with Crippen molar-refractivity contribution in [2.45, 2.75) is 69.1 Å². The standard InChI is InChI=1S/C27H38N8O5/c28-27(29)31-12-4-9-20(33-23(36)19-8-3-11-30-19)25(38)35-13-5-10-22(35)24(37)34-21(26(39)40)14-16-15-32-18-7-2-1-6-17(16)18/h1-2,6-7,15,19-22,30,32H,3-5,8-14H2,(H,33,36)(H,34,37)(H,39,40)(H4,28,29,31)/t19-,20-,21-,22-/m0/s1. The van der Waals surface area contributed by atoms with Gasteiger partial charge in [-0.3, -0.25) is 19.4 Å². The van der Waals surface area contributed by atoms with Crippen LogP contribution in [0, 0.1) is 0 Å². The van der Waals surface area contributed by atoms with E-state index in [1.165, 1.54) is 4.90 Å². The fourth-order valence-corrected chi connectivity index (χ4v) is 5.43. The highest BCUT2D eigenvalue weighted by molar-refractivity contribution is 5.95. The Morgan fingerprint density at radius 1 is 1.07 bits per heavy atom. The van der Waals surface area contributed by atoms with Crippen molar-refractivity contribution in [2.24, 2.45) is 16.5 Å². The van der Waals surface area contributed by atoms with Crippen molar-refractivity contribution in [1.82, 2.24) is 25.8 Å². The van der Waals surface area contributed by atoms with Crippen LogP contribution in [0.25, 0.3) is 10.9 Å². The molecule has 2 fully saturated rings. The summed E-state index contributed by atoms with van der Waals surface area (Å²) in [6, 6.07) is 4.29. The van der Waals surface area contributed by atoms with Gasteiger partial charge in [-0.25, -0.2) is 4.79 Å². The Kier molecular flexibility index (Phi) is 9.59. The summed E-state index contributed by atoms with van der Waals surface area (Å²) in [5.74, 6) is -2.39. The normalized spacial score (nSPS) is 20.1. The zero-order valence-corrected chi connectivity index (χ0v) is 22.4. The average Bonchev–Trinajstić information content (AvgIpc) is 3.70. The van der Waals surface area contributed by atoms with Gasteiger partial charge in [0.25, 0.3) is 0 Å².